The Morgan fingerprint density at radius 2 is 0.838 bits per heavy atom. The zero-order chi connectivity index (χ0) is 54.8. The lowest BCUT2D eigenvalue weighted by atomic mass is 9.79. The molecule has 0 saturated heterocycles. The number of rotatable bonds is 14. The predicted molar refractivity (Wildman–Crippen MR) is 320 cm³/mol. The molecule has 0 spiro atoms. The van der Waals surface area contributed by atoms with Gasteiger partial charge in [-0.15, -0.1) is 0 Å². The smallest absolute Gasteiger partial charge is 0.261 e. The number of unbranched alkanes of at least 4 members (excludes halogenated alkanes) is 2. The highest BCUT2D eigenvalue weighted by Crippen LogP contribution is 2.49. The SMILES string of the molecule is CCCCC(CC)CN1C(=O)c2ccc3c4c(C#Cc5ccc(-c6nc7ccccc7[nH]6)cc5)cc5c6c(ccc(c7c(C#Cc8ccc(-c9nc%10ccccc%10[nH]9)cc8)cc(c2c37)C1=O)c64)C(=O)N(CC(CC)CCCC)C5=O. The van der Waals surface area contributed by atoms with E-state index in [2.05, 4.69) is 61.3 Å². The summed E-state index contributed by atoms with van der Waals surface area (Å²) >= 11 is 0. The number of H-pyrrole nitrogens is 2. The molecule has 2 N–H and O–H groups in total. The summed E-state index contributed by atoms with van der Waals surface area (Å²) in [6.45, 7) is 9.19. The Kier molecular flexibility index (Phi) is 12.8. The molecule has 10 nitrogen and oxygen atoms in total. The first kappa shape index (κ1) is 50.1. The molecule has 0 aliphatic carbocycles. The number of aromatic nitrogens is 4. The normalized spacial score (nSPS) is 14.0. The van der Waals surface area contributed by atoms with Crippen LogP contribution in [0.25, 0.3) is 87.9 Å². The first-order chi connectivity index (χ1) is 39.1. The summed E-state index contributed by atoms with van der Waals surface area (Å²) < 4.78 is 0. The molecule has 2 aliphatic heterocycles. The quantitative estimate of drug-likeness (QED) is 0.0482. The molecule has 2 unspecified atom stereocenters. The first-order valence-corrected chi connectivity index (χ1v) is 28.3. The van der Waals surface area contributed by atoms with E-state index >= 15 is 9.59 Å². The molecule has 0 bridgehead atoms. The van der Waals surface area contributed by atoms with Gasteiger partial charge < -0.3 is 9.97 Å². The second-order valence-corrected chi connectivity index (χ2v) is 21.6. The van der Waals surface area contributed by atoms with Gasteiger partial charge >= 0.3 is 0 Å². The number of carbonyl (C=O) groups excluding carboxylic acids is 4. The molecule has 2 aromatic heterocycles. The van der Waals surface area contributed by atoms with Gasteiger partial charge in [-0.05, 0) is 108 Å². The molecule has 2 atom stereocenters. The molecule has 4 amide bonds. The molecule has 0 fully saturated rings. The lowest BCUT2D eigenvalue weighted by Crippen LogP contribution is -2.43. The number of aromatic amines is 2. The maximum atomic E-state index is 15.2. The molecule has 0 saturated carbocycles. The van der Waals surface area contributed by atoms with Crippen LogP contribution < -0.4 is 0 Å². The van der Waals surface area contributed by atoms with Gasteiger partial charge in [0.05, 0.1) is 22.1 Å². The van der Waals surface area contributed by atoms with Crippen LogP contribution in [0, 0.1) is 35.5 Å². The van der Waals surface area contributed by atoms with Gasteiger partial charge in [0.2, 0.25) is 0 Å². The van der Waals surface area contributed by atoms with Crippen molar-refractivity contribution < 1.29 is 19.2 Å². The number of imidazole rings is 2. The van der Waals surface area contributed by atoms with Crippen molar-refractivity contribution in [2.45, 2.75) is 79.1 Å². The number of amides is 4. The summed E-state index contributed by atoms with van der Waals surface area (Å²) in [5, 5.41) is 5.54. The molecule has 2 aliphatic rings. The van der Waals surface area contributed by atoms with Crippen LogP contribution in [0.2, 0.25) is 0 Å². The number of hydrogen-bond acceptors (Lipinski definition) is 6. The lowest BCUT2D eigenvalue weighted by Gasteiger charge is -2.33. The van der Waals surface area contributed by atoms with E-state index in [9.17, 15) is 9.59 Å². The van der Waals surface area contributed by atoms with Crippen molar-refractivity contribution in [2.24, 2.45) is 11.8 Å². The maximum absolute atomic E-state index is 15.2. The highest BCUT2D eigenvalue weighted by Gasteiger charge is 2.39. The summed E-state index contributed by atoms with van der Waals surface area (Å²) in [4.78, 5) is 79.6. The summed E-state index contributed by atoms with van der Waals surface area (Å²) in [5.74, 6) is 14.5. The number of para-hydroxylation sites is 4. The monoisotopic (exact) mass is 1050 g/mol. The number of hydrogen-bond donors (Lipinski definition) is 2. The minimum absolute atomic E-state index is 0.152. The van der Waals surface area contributed by atoms with E-state index in [1.54, 1.807) is 0 Å². The van der Waals surface area contributed by atoms with E-state index in [-0.39, 0.29) is 35.5 Å². The van der Waals surface area contributed by atoms with Gasteiger partial charge in [-0.25, -0.2) is 9.97 Å². The molecular weight excluding hydrogens is 989 g/mol. The van der Waals surface area contributed by atoms with Crippen LogP contribution in [0.4, 0.5) is 0 Å². The minimum Gasteiger partial charge on any atom is -0.338 e. The van der Waals surface area contributed by atoms with Crippen molar-refractivity contribution in [1.29, 1.82) is 0 Å². The Labute approximate surface area is 463 Å². The fourth-order valence-corrected chi connectivity index (χ4v) is 12.3. The van der Waals surface area contributed by atoms with E-state index in [1.165, 1.54) is 9.80 Å². The van der Waals surface area contributed by atoms with Crippen molar-refractivity contribution in [1.82, 2.24) is 29.7 Å². The van der Waals surface area contributed by atoms with Crippen LogP contribution >= 0.6 is 0 Å². The summed E-state index contributed by atoms with van der Waals surface area (Å²) in [6, 6.07) is 43.1. The third kappa shape index (κ3) is 8.46. The van der Waals surface area contributed by atoms with Gasteiger partial charge in [0.1, 0.15) is 11.6 Å². The highest BCUT2D eigenvalue weighted by molar-refractivity contribution is 6.42. The van der Waals surface area contributed by atoms with Gasteiger partial charge in [0.15, 0.2) is 0 Å². The average molecular weight is 1050 g/mol. The zero-order valence-electron chi connectivity index (χ0n) is 45.3. The molecule has 9 aromatic carbocycles. The van der Waals surface area contributed by atoms with Crippen LogP contribution in [0.5, 0.6) is 0 Å². The topological polar surface area (TPSA) is 132 Å². The van der Waals surface area contributed by atoms with Crippen molar-refractivity contribution in [3.05, 3.63) is 178 Å². The van der Waals surface area contributed by atoms with Gasteiger partial charge in [0, 0.05) is 101 Å². The molecule has 11 aromatic rings. The fourth-order valence-electron chi connectivity index (χ4n) is 12.3. The standard InChI is InChI=1S/C70H58N6O4/c1-5-9-15-41(7-3)39-75-67(77)51-35-33-49-60-48(32-26-44-23-29-46(30-24-44)66-73-57-19-13-14-20-58(57)74-66)38-54-62-52(68(78)76(70(54)80)40-42(8-4)16-10-6-2)36-34-50(64(60)62)59-47(37-53(69(75)79)61(51)63(49)59)31-25-43-21-27-45(28-22-43)65-71-55-17-11-12-18-56(55)72-65/h11-14,17-24,27-30,33-38,41-42H,5-10,15-16,39-40H2,1-4H3,(H,71,72)(H,73,74). The predicted octanol–water partition coefficient (Wildman–Crippen LogP) is 15.2. The van der Waals surface area contributed by atoms with E-state index in [0.29, 0.717) is 57.2 Å². The Morgan fingerprint density at radius 1 is 0.438 bits per heavy atom. The Balaban J connectivity index is 1.03. The number of fused-ring (bicyclic) bond motifs is 4. The van der Waals surface area contributed by atoms with Crippen LogP contribution in [0.15, 0.2) is 133 Å². The van der Waals surface area contributed by atoms with Gasteiger partial charge in [0.25, 0.3) is 23.6 Å². The molecular formula is C70H58N6O4. The molecule has 392 valence electrons. The van der Waals surface area contributed by atoms with Crippen LogP contribution in [0.3, 0.4) is 0 Å². The molecule has 80 heavy (non-hydrogen) atoms. The molecule has 0 radical (unpaired) electrons. The van der Waals surface area contributed by atoms with Crippen molar-refractivity contribution in [3.63, 3.8) is 0 Å². The van der Waals surface area contributed by atoms with Crippen molar-refractivity contribution in [2.75, 3.05) is 13.1 Å². The number of imide groups is 2. The van der Waals surface area contributed by atoms with Gasteiger partial charge in [-0.1, -0.05) is 151 Å². The third-order valence-corrected chi connectivity index (χ3v) is 16.8. The Morgan fingerprint density at radius 3 is 1.23 bits per heavy atom. The number of carbonyl (C=O) groups is 4. The molecule has 4 heterocycles. The number of nitrogens with one attached hydrogen (secondary N) is 2. The summed E-state index contributed by atoms with van der Waals surface area (Å²) in [6.07, 6.45) is 7.56. The van der Waals surface area contributed by atoms with E-state index < -0.39 is 0 Å². The van der Waals surface area contributed by atoms with Crippen LogP contribution in [-0.2, 0) is 0 Å². The molecule has 13 rings (SSSR count). The van der Waals surface area contributed by atoms with E-state index in [0.717, 1.165) is 140 Å². The third-order valence-electron chi connectivity index (χ3n) is 16.8. The second kappa shape index (κ2) is 20.4. The fraction of sp³-hybridized carbons (Fsp3) is 0.229. The van der Waals surface area contributed by atoms with Crippen LogP contribution in [0.1, 0.15) is 143 Å². The van der Waals surface area contributed by atoms with Gasteiger partial charge in [-0.2, -0.15) is 0 Å². The average Bonchev–Trinajstić information content (AvgIpc) is 4.29. The zero-order valence-corrected chi connectivity index (χ0v) is 45.3. The maximum Gasteiger partial charge on any atom is 0.261 e. The van der Waals surface area contributed by atoms with E-state index in [4.69, 9.17) is 9.97 Å². The first-order valence-electron chi connectivity index (χ1n) is 28.3. The highest BCUT2D eigenvalue weighted by atomic mass is 16.2. The Hall–Kier alpha value is -9.38. The Bertz CT molecular complexity index is 4130. The van der Waals surface area contributed by atoms with Crippen LogP contribution in [-0.4, -0.2) is 66.5 Å². The number of benzene rings is 9. The number of nitrogens with zero attached hydrogens (tertiary/aromatic N) is 4. The van der Waals surface area contributed by atoms with Gasteiger partial charge in [-0.3, -0.25) is 29.0 Å². The summed E-state index contributed by atoms with van der Waals surface area (Å²) in [5.41, 5.74) is 9.91. The summed E-state index contributed by atoms with van der Waals surface area (Å²) in [7, 11) is 0. The largest absolute Gasteiger partial charge is 0.338 e. The minimum atomic E-state index is -0.345. The second-order valence-electron chi connectivity index (χ2n) is 21.6. The van der Waals surface area contributed by atoms with Crippen molar-refractivity contribution in [3.8, 4) is 46.5 Å². The van der Waals surface area contributed by atoms with E-state index in [1.807, 2.05) is 133 Å². The lowest BCUT2D eigenvalue weighted by molar-refractivity contribution is 0.0565. The molecule has 10 heteroatoms. The van der Waals surface area contributed by atoms with Crippen molar-refractivity contribution >= 4 is 88.8 Å².